The highest BCUT2D eigenvalue weighted by Gasteiger charge is 2.12. The first kappa shape index (κ1) is 10.8. The molecule has 0 fully saturated rings. The Balaban J connectivity index is 2.30. The monoisotopic (exact) mass is 241 g/mol. The smallest absolute Gasteiger partial charge is 0.131 e. The molecule has 5 heteroatoms. The predicted molar refractivity (Wildman–Crippen MR) is 72.3 cm³/mol. The SMILES string of the molecule is Cc1cc2[nH]c(-c3n[nH]nc3C)cc2c(C)c1N. The van der Waals surface area contributed by atoms with Crippen LogP contribution in [-0.4, -0.2) is 20.4 Å². The van der Waals surface area contributed by atoms with E-state index in [2.05, 4.69) is 32.5 Å². The lowest BCUT2D eigenvalue weighted by Crippen LogP contribution is -1.93. The maximum atomic E-state index is 6.06. The molecule has 3 aromatic rings. The highest BCUT2D eigenvalue weighted by molar-refractivity contribution is 5.92. The van der Waals surface area contributed by atoms with Gasteiger partial charge < -0.3 is 10.7 Å². The Morgan fingerprint density at radius 1 is 1.11 bits per heavy atom. The molecule has 18 heavy (non-hydrogen) atoms. The van der Waals surface area contributed by atoms with Crippen molar-refractivity contribution in [2.75, 3.05) is 5.73 Å². The molecule has 0 radical (unpaired) electrons. The van der Waals surface area contributed by atoms with Crippen molar-refractivity contribution in [3.8, 4) is 11.4 Å². The molecule has 0 atom stereocenters. The van der Waals surface area contributed by atoms with Crippen LogP contribution in [-0.2, 0) is 0 Å². The van der Waals surface area contributed by atoms with Gasteiger partial charge in [0.2, 0.25) is 0 Å². The molecular weight excluding hydrogens is 226 g/mol. The molecule has 4 N–H and O–H groups in total. The topological polar surface area (TPSA) is 83.4 Å². The minimum Gasteiger partial charge on any atom is -0.398 e. The third-order valence-corrected chi connectivity index (χ3v) is 3.42. The fraction of sp³-hybridized carbons (Fsp3) is 0.231. The van der Waals surface area contributed by atoms with E-state index in [4.69, 9.17) is 5.73 Å². The highest BCUT2D eigenvalue weighted by Crippen LogP contribution is 2.30. The second-order valence-corrected chi connectivity index (χ2v) is 4.63. The Bertz CT molecular complexity index is 735. The Labute approximate surface area is 104 Å². The molecule has 0 bridgehead atoms. The van der Waals surface area contributed by atoms with Crippen molar-refractivity contribution in [1.82, 2.24) is 20.4 Å². The minimum atomic E-state index is 0.849. The van der Waals surface area contributed by atoms with Crippen molar-refractivity contribution in [2.24, 2.45) is 0 Å². The fourth-order valence-corrected chi connectivity index (χ4v) is 2.30. The van der Waals surface area contributed by atoms with E-state index in [-0.39, 0.29) is 0 Å². The first-order valence-corrected chi connectivity index (χ1v) is 5.84. The van der Waals surface area contributed by atoms with Gasteiger partial charge in [-0.2, -0.15) is 15.4 Å². The number of hydrogen-bond acceptors (Lipinski definition) is 3. The standard InChI is InChI=1S/C13H15N5/c1-6-4-10-9(7(2)12(6)14)5-11(15-10)13-8(3)16-18-17-13/h4-5,15H,14H2,1-3H3,(H,16,17,18). The van der Waals surface area contributed by atoms with E-state index in [1.165, 1.54) is 0 Å². The Morgan fingerprint density at radius 2 is 1.89 bits per heavy atom. The number of benzene rings is 1. The highest BCUT2D eigenvalue weighted by atomic mass is 15.3. The van der Waals surface area contributed by atoms with Crippen LogP contribution >= 0.6 is 0 Å². The second kappa shape index (κ2) is 3.60. The Morgan fingerprint density at radius 3 is 2.56 bits per heavy atom. The summed E-state index contributed by atoms with van der Waals surface area (Å²) in [5, 5.41) is 12.0. The van der Waals surface area contributed by atoms with Gasteiger partial charge in [-0.25, -0.2) is 0 Å². The zero-order valence-corrected chi connectivity index (χ0v) is 10.6. The van der Waals surface area contributed by atoms with Crippen molar-refractivity contribution >= 4 is 16.6 Å². The van der Waals surface area contributed by atoms with E-state index in [1.54, 1.807) is 0 Å². The molecule has 0 aliphatic rings. The first-order chi connectivity index (χ1) is 8.58. The predicted octanol–water partition coefficient (Wildman–Crippen LogP) is 2.46. The lowest BCUT2D eigenvalue weighted by molar-refractivity contribution is 0.929. The maximum Gasteiger partial charge on any atom is 0.131 e. The van der Waals surface area contributed by atoms with Crippen LogP contribution in [0.5, 0.6) is 0 Å². The van der Waals surface area contributed by atoms with Crippen LogP contribution in [0.3, 0.4) is 0 Å². The third-order valence-electron chi connectivity index (χ3n) is 3.42. The minimum absolute atomic E-state index is 0.849. The molecule has 1 aromatic carbocycles. The van der Waals surface area contributed by atoms with Crippen molar-refractivity contribution in [2.45, 2.75) is 20.8 Å². The van der Waals surface area contributed by atoms with Gasteiger partial charge in [0.05, 0.1) is 11.4 Å². The van der Waals surface area contributed by atoms with Crippen LogP contribution < -0.4 is 5.73 Å². The summed E-state index contributed by atoms with van der Waals surface area (Å²) in [6, 6.07) is 4.14. The quantitative estimate of drug-likeness (QED) is 0.572. The van der Waals surface area contributed by atoms with Crippen LogP contribution in [0, 0.1) is 20.8 Å². The molecule has 5 nitrogen and oxygen atoms in total. The van der Waals surface area contributed by atoms with Gasteiger partial charge in [0, 0.05) is 16.6 Å². The summed E-state index contributed by atoms with van der Waals surface area (Å²) in [7, 11) is 0. The van der Waals surface area contributed by atoms with Gasteiger partial charge >= 0.3 is 0 Å². The Kier molecular flexibility index (Phi) is 2.16. The lowest BCUT2D eigenvalue weighted by atomic mass is 10.0. The zero-order chi connectivity index (χ0) is 12.9. The van der Waals surface area contributed by atoms with Crippen molar-refractivity contribution in [1.29, 1.82) is 0 Å². The molecule has 0 unspecified atom stereocenters. The van der Waals surface area contributed by atoms with Gasteiger partial charge in [0.1, 0.15) is 5.69 Å². The van der Waals surface area contributed by atoms with Gasteiger partial charge in [-0.15, -0.1) is 0 Å². The molecule has 0 amide bonds. The summed E-state index contributed by atoms with van der Waals surface area (Å²) >= 11 is 0. The number of anilines is 1. The van der Waals surface area contributed by atoms with Crippen LogP contribution in [0.1, 0.15) is 16.8 Å². The number of H-pyrrole nitrogens is 2. The molecule has 0 spiro atoms. The molecule has 0 saturated heterocycles. The molecular formula is C13H15N5. The molecule has 0 saturated carbocycles. The summed E-state index contributed by atoms with van der Waals surface area (Å²) < 4.78 is 0. The number of hydrogen-bond donors (Lipinski definition) is 3. The molecule has 92 valence electrons. The normalized spacial score (nSPS) is 11.3. The number of aryl methyl sites for hydroxylation is 3. The van der Waals surface area contributed by atoms with Gasteiger partial charge in [0.25, 0.3) is 0 Å². The molecule has 3 rings (SSSR count). The Hall–Kier alpha value is -2.30. The van der Waals surface area contributed by atoms with E-state index in [0.717, 1.165) is 44.8 Å². The average Bonchev–Trinajstić information content (AvgIpc) is 2.92. The van der Waals surface area contributed by atoms with E-state index in [0.29, 0.717) is 0 Å². The molecule has 0 aliphatic heterocycles. The van der Waals surface area contributed by atoms with Crippen LogP contribution in [0.4, 0.5) is 5.69 Å². The lowest BCUT2D eigenvalue weighted by Gasteiger charge is -2.05. The number of aromatic amines is 2. The number of rotatable bonds is 1. The van der Waals surface area contributed by atoms with Crippen molar-refractivity contribution in [3.05, 3.63) is 29.0 Å². The summed E-state index contributed by atoms with van der Waals surface area (Å²) in [4.78, 5) is 3.37. The number of aromatic nitrogens is 4. The van der Waals surface area contributed by atoms with E-state index < -0.39 is 0 Å². The van der Waals surface area contributed by atoms with E-state index in [9.17, 15) is 0 Å². The third kappa shape index (κ3) is 1.40. The summed E-state index contributed by atoms with van der Waals surface area (Å²) in [6.45, 7) is 5.98. The first-order valence-electron chi connectivity index (χ1n) is 5.84. The zero-order valence-electron chi connectivity index (χ0n) is 10.6. The number of nitrogens with zero attached hydrogens (tertiary/aromatic N) is 2. The molecule has 2 heterocycles. The summed E-state index contributed by atoms with van der Waals surface area (Å²) in [5.41, 5.74) is 12.9. The van der Waals surface area contributed by atoms with Gasteiger partial charge in [-0.3, -0.25) is 0 Å². The van der Waals surface area contributed by atoms with Crippen LogP contribution in [0.2, 0.25) is 0 Å². The number of nitrogen functional groups attached to an aromatic ring is 1. The molecule has 0 aliphatic carbocycles. The number of nitrogens with two attached hydrogens (primary N) is 1. The fourth-order valence-electron chi connectivity index (χ4n) is 2.30. The van der Waals surface area contributed by atoms with Crippen molar-refractivity contribution in [3.63, 3.8) is 0 Å². The van der Waals surface area contributed by atoms with E-state index >= 15 is 0 Å². The van der Waals surface area contributed by atoms with E-state index in [1.807, 2.05) is 20.8 Å². The maximum absolute atomic E-state index is 6.06. The average molecular weight is 241 g/mol. The van der Waals surface area contributed by atoms with Crippen molar-refractivity contribution < 1.29 is 0 Å². The number of fused-ring (bicyclic) bond motifs is 1. The summed E-state index contributed by atoms with van der Waals surface area (Å²) in [6.07, 6.45) is 0. The van der Waals surface area contributed by atoms with Gasteiger partial charge in [-0.1, -0.05) is 0 Å². The van der Waals surface area contributed by atoms with Gasteiger partial charge in [0.15, 0.2) is 0 Å². The second-order valence-electron chi connectivity index (χ2n) is 4.63. The largest absolute Gasteiger partial charge is 0.398 e. The number of nitrogens with one attached hydrogen (secondary N) is 2. The molecule has 2 aromatic heterocycles. The van der Waals surface area contributed by atoms with Gasteiger partial charge in [-0.05, 0) is 44.0 Å². The van der Waals surface area contributed by atoms with Crippen LogP contribution in [0.25, 0.3) is 22.3 Å². The van der Waals surface area contributed by atoms with Crippen LogP contribution in [0.15, 0.2) is 12.1 Å². The summed E-state index contributed by atoms with van der Waals surface area (Å²) in [5.74, 6) is 0.